The number of amides is 1. The number of benzene rings is 2. The molecule has 7 rings (SSSR count). The molecule has 0 bridgehead atoms. The summed E-state index contributed by atoms with van der Waals surface area (Å²) in [7, 11) is 0. The van der Waals surface area contributed by atoms with Crippen molar-refractivity contribution in [2.24, 2.45) is 9.98 Å². The third kappa shape index (κ3) is 5.64. The minimum atomic E-state index is 0.00493. The van der Waals surface area contributed by atoms with E-state index in [0.29, 0.717) is 25.6 Å². The first-order valence-corrected chi connectivity index (χ1v) is 15.1. The zero-order chi connectivity index (χ0) is 30.0. The molecule has 0 fully saturated rings. The number of H-pyrrole nitrogens is 1. The van der Waals surface area contributed by atoms with Crippen LogP contribution in [0.5, 0.6) is 0 Å². The van der Waals surface area contributed by atoms with Crippen LogP contribution in [0.25, 0.3) is 5.57 Å². The second-order valence-corrected chi connectivity index (χ2v) is 11.7. The summed E-state index contributed by atoms with van der Waals surface area (Å²) in [6.45, 7) is 8.58. The number of allylic oxidation sites excluding steroid dienone is 1. The van der Waals surface area contributed by atoms with Gasteiger partial charge < -0.3 is 15.1 Å². The molecule has 3 aliphatic rings. The van der Waals surface area contributed by atoms with E-state index in [1.165, 1.54) is 22.4 Å². The fourth-order valence-electron chi connectivity index (χ4n) is 6.49. The Labute approximate surface area is 256 Å². The van der Waals surface area contributed by atoms with Crippen LogP contribution in [-0.2, 0) is 50.1 Å². The Morgan fingerprint density at radius 1 is 1.09 bits per heavy atom. The second kappa shape index (κ2) is 11.9. The lowest BCUT2D eigenvalue weighted by molar-refractivity contribution is -0.133. The number of guanidine groups is 1. The lowest BCUT2D eigenvalue weighted by Crippen LogP contribution is -2.38. The molecule has 1 amide bonds. The van der Waals surface area contributed by atoms with Crippen LogP contribution >= 0.6 is 0 Å². The highest BCUT2D eigenvalue weighted by atomic mass is 16.2. The molecule has 2 N–H and O–H groups in total. The van der Waals surface area contributed by atoms with Crippen molar-refractivity contribution in [3.8, 4) is 0 Å². The Kier molecular flexibility index (Phi) is 7.51. The monoisotopic (exact) mass is 588 g/mol. The van der Waals surface area contributed by atoms with E-state index in [1.807, 2.05) is 24.2 Å². The van der Waals surface area contributed by atoms with Gasteiger partial charge in [-0.05, 0) is 61.2 Å². The van der Waals surface area contributed by atoms with Gasteiger partial charge in [-0.1, -0.05) is 47.7 Å². The fraction of sp³-hybridized carbons (Fsp3) is 0.333. The number of aromatic nitrogens is 5. The molecule has 0 radical (unpaired) electrons. The zero-order valence-electron chi connectivity index (χ0n) is 24.9. The summed E-state index contributed by atoms with van der Waals surface area (Å²) in [5.74, 6) is 0.502. The molecule has 2 aromatic heterocycles. The number of carbonyl (C=O) groups excluding carboxylic acids is 1. The molecule has 224 valence electrons. The number of aromatic amines is 1. The highest BCUT2D eigenvalue weighted by molar-refractivity contribution is 5.85. The summed E-state index contributed by atoms with van der Waals surface area (Å²) >= 11 is 0. The van der Waals surface area contributed by atoms with Crippen LogP contribution in [0.15, 0.2) is 70.9 Å². The molecule has 44 heavy (non-hydrogen) atoms. The quantitative estimate of drug-likeness (QED) is 0.253. The van der Waals surface area contributed by atoms with Crippen LogP contribution < -0.4 is 10.2 Å². The van der Waals surface area contributed by atoms with Gasteiger partial charge in [-0.3, -0.25) is 14.6 Å². The summed E-state index contributed by atoms with van der Waals surface area (Å²) in [6.07, 6.45) is 7.38. The Balaban J connectivity index is 1.11. The van der Waals surface area contributed by atoms with E-state index < -0.39 is 0 Å². The van der Waals surface area contributed by atoms with Gasteiger partial charge in [-0.2, -0.15) is 5.10 Å². The number of fused-ring (bicyclic) bond motifs is 3. The van der Waals surface area contributed by atoms with Crippen LogP contribution in [0, 0.1) is 0 Å². The lowest BCUT2D eigenvalue weighted by Gasteiger charge is -2.25. The second-order valence-electron chi connectivity index (χ2n) is 11.7. The number of nitrogens with zero attached hydrogens (tertiary/aromatic N) is 8. The van der Waals surface area contributed by atoms with Gasteiger partial charge in [0.05, 0.1) is 24.5 Å². The highest BCUT2D eigenvalue weighted by Gasteiger charge is 2.26. The average molecular weight is 589 g/mol. The molecule has 0 saturated carbocycles. The predicted molar refractivity (Wildman–Crippen MR) is 170 cm³/mol. The number of rotatable bonds is 7. The van der Waals surface area contributed by atoms with Crippen molar-refractivity contribution in [1.82, 2.24) is 35.4 Å². The van der Waals surface area contributed by atoms with Gasteiger partial charge in [0.1, 0.15) is 12.2 Å². The van der Waals surface area contributed by atoms with Crippen molar-refractivity contribution >= 4 is 29.8 Å². The van der Waals surface area contributed by atoms with E-state index in [1.54, 1.807) is 4.68 Å². The minimum absolute atomic E-state index is 0.00493. The van der Waals surface area contributed by atoms with Gasteiger partial charge in [-0.25, -0.2) is 9.98 Å². The molecule has 11 heteroatoms. The summed E-state index contributed by atoms with van der Waals surface area (Å²) < 4.78 is 1.76. The lowest BCUT2D eigenvalue weighted by atomic mass is 10.1. The maximum absolute atomic E-state index is 13.3. The smallest absolute Gasteiger partial charge is 0.244 e. The minimum Gasteiger partial charge on any atom is -0.365 e. The van der Waals surface area contributed by atoms with E-state index >= 15 is 0 Å². The van der Waals surface area contributed by atoms with E-state index in [-0.39, 0.29) is 18.5 Å². The molecule has 2 aromatic carbocycles. The zero-order valence-corrected chi connectivity index (χ0v) is 24.9. The standard InChI is InChI=1S/C33H36N10O/c1-22(17-35-33(34-2)36-26-15-24-8-3-4-9-25(24)16-26)27-18-43(21-32(44)42-14-12-28-30(20-42)38-40-37-28)39-29(27)19-41-13-11-23-7-5-6-10-31(23)41/h3-10,17-18,26H,2,11-16,19-21H2,1H3,(H,35,36)(H,37,38,40)/b22-17+. The van der Waals surface area contributed by atoms with Crippen LogP contribution in [0.4, 0.5) is 5.69 Å². The first-order valence-electron chi connectivity index (χ1n) is 15.1. The molecule has 11 nitrogen and oxygen atoms in total. The molecular weight excluding hydrogens is 552 g/mol. The van der Waals surface area contributed by atoms with Crippen molar-refractivity contribution in [2.45, 2.75) is 58.3 Å². The Hall–Kier alpha value is -5.06. The SMILES string of the molecule is C=N/C(=N\C=C(/C)c1cn(CC(=O)N2CCc3[nH]nnc3C2)nc1CN1CCc2ccccc21)NC1Cc2ccccc2C1. The van der Waals surface area contributed by atoms with Gasteiger partial charge in [0.2, 0.25) is 11.9 Å². The molecular formula is C33H36N10O. The van der Waals surface area contributed by atoms with Gasteiger partial charge in [0.25, 0.3) is 0 Å². The third-order valence-corrected chi connectivity index (χ3v) is 8.83. The van der Waals surface area contributed by atoms with E-state index in [0.717, 1.165) is 60.4 Å². The Morgan fingerprint density at radius 2 is 1.86 bits per heavy atom. The number of anilines is 1. The first kappa shape index (κ1) is 27.8. The van der Waals surface area contributed by atoms with Gasteiger partial charge in [0.15, 0.2) is 0 Å². The van der Waals surface area contributed by atoms with E-state index in [4.69, 9.17) is 5.10 Å². The Morgan fingerprint density at radius 3 is 2.66 bits per heavy atom. The third-order valence-electron chi connectivity index (χ3n) is 8.83. The van der Waals surface area contributed by atoms with Gasteiger partial charge in [-0.15, -0.1) is 5.10 Å². The summed E-state index contributed by atoms with van der Waals surface area (Å²) in [5, 5.41) is 19.4. The number of hydrogen-bond donors (Lipinski definition) is 2. The maximum Gasteiger partial charge on any atom is 0.244 e. The fourth-order valence-corrected chi connectivity index (χ4v) is 6.49. The number of nitrogens with one attached hydrogen (secondary N) is 2. The van der Waals surface area contributed by atoms with Crippen molar-refractivity contribution in [2.75, 3.05) is 18.0 Å². The molecule has 4 aromatic rings. The van der Waals surface area contributed by atoms with Crippen molar-refractivity contribution in [3.05, 3.63) is 100 Å². The predicted octanol–water partition coefficient (Wildman–Crippen LogP) is 3.32. The molecule has 1 aliphatic carbocycles. The summed E-state index contributed by atoms with van der Waals surface area (Å²) in [5.41, 5.74) is 9.95. The molecule has 2 aliphatic heterocycles. The van der Waals surface area contributed by atoms with Gasteiger partial charge in [0, 0.05) is 49.2 Å². The molecule has 0 unspecified atom stereocenters. The highest BCUT2D eigenvalue weighted by Crippen LogP contribution is 2.30. The van der Waals surface area contributed by atoms with Crippen LogP contribution in [0.1, 0.15) is 46.3 Å². The number of aliphatic imine (C=N–C) groups is 2. The van der Waals surface area contributed by atoms with Crippen molar-refractivity contribution in [3.63, 3.8) is 0 Å². The molecule has 0 saturated heterocycles. The largest absolute Gasteiger partial charge is 0.365 e. The number of hydrogen-bond acceptors (Lipinski definition) is 6. The summed E-state index contributed by atoms with van der Waals surface area (Å²) in [4.78, 5) is 26.4. The first-order chi connectivity index (χ1) is 21.5. The van der Waals surface area contributed by atoms with Crippen LogP contribution in [0.3, 0.4) is 0 Å². The van der Waals surface area contributed by atoms with Crippen LogP contribution in [-0.4, -0.2) is 67.8 Å². The van der Waals surface area contributed by atoms with Gasteiger partial charge >= 0.3 is 0 Å². The summed E-state index contributed by atoms with van der Waals surface area (Å²) in [6, 6.07) is 17.3. The maximum atomic E-state index is 13.3. The number of carbonyl (C=O) groups is 1. The van der Waals surface area contributed by atoms with E-state index in [2.05, 4.69) is 90.9 Å². The van der Waals surface area contributed by atoms with Crippen molar-refractivity contribution < 1.29 is 4.79 Å². The Bertz CT molecular complexity index is 1740. The molecule has 4 heterocycles. The molecule has 0 atom stereocenters. The number of para-hydroxylation sites is 1. The van der Waals surface area contributed by atoms with Crippen molar-refractivity contribution in [1.29, 1.82) is 0 Å². The average Bonchev–Trinajstić information content (AvgIpc) is 3.84. The normalized spacial score (nSPS) is 16.6. The van der Waals surface area contributed by atoms with E-state index in [9.17, 15) is 4.79 Å². The molecule has 0 spiro atoms. The topological polar surface area (TPSA) is 120 Å². The van der Waals surface area contributed by atoms with Crippen LogP contribution in [0.2, 0.25) is 0 Å².